The van der Waals surface area contributed by atoms with Crippen LogP contribution in [-0.2, 0) is 0 Å². The second kappa shape index (κ2) is 8.96. The van der Waals surface area contributed by atoms with Gasteiger partial charge in [0, 0.05) is 48.3 Å². The fraction of sp³-hybridized carbons (Fsp3) is 0.423. The van der Waals surface area contributed by atoms with E-state index in [0.29, 0.717) is 52.1 Å². The summed E-state index contributed by atoms with van der Waals surface area (Å²) in [5, 5.41) is 1.90. The Balaban J connectivity index is 1.49. The van der Waals surface area contributed by atoms with E-state index in [2.05, 4.69) is 19.5 Å². The summed E-state index contributed by atoms with van der Waals surface area (Å²) in [5.41, 5.74) is 2.85. The average Bonchev–Trinajstić information content (AvgIpc) is 3.45. The Morgan fingerprint density at radius 1 is 1.19 bits per heavy atom. The van der Waals surface area contributed by atoms with E-state index in [0.717, 1.165) is 36.8 Å². The summed E-state index contributed by atoms with van der Waals surface area (Å²) in [6.07, 6.45) is 10.8. The van der Waals surface area contributed by atoms with Crippen LogP contribution >= 0.6 is 11.6 Å². The molecule has 2 bridgehead atoms. The summed E-state index contributed by atoms with van der Waals surface area (Å²) >= 11 is 6.66. The zero-order chi connectivity index (χ0) is 25.0. The van der Waals surface area contributed by atoms with Crippen LogP contribution in [0, 0.1) is 17.7 Å². The number of nitrogens with zero attached hydrogens (tertiary/aromatic N) is 6. The first-order chi connectivity index (χ1) is 17.5. The summed E-state index contributed by atoms with van der Waals surface area (Å²) in [7, 11) is 0. The molecule has 4 heterocycles. The number of aromatic amines is 1. The summed E-state index contributed by atoms with van der Waals surface area (Å²) in [5.74, 6) is 0.665. The van der Waals surface area contributed by atoms with Crippen LogP contribution in [0.2, 0.25) is 5.02 Å². The first kappa shape index (κ1) is 23.1. The summed E-state index contributed by atoms with van der Waals surface area (Å²) < 4.78 is 16.0. The van der Waals surface area contributed by atoms with Gasteiger partial charge in [-0.2, -0.15) is 0 Å². The molecule has 3 aliphatic carbocycles. The molecule has 1 N–H and O–H groups in total. The largest absolute Gasteiger partial charge is 0.345 e. The maximum absolute atomic E-state index is 13.9. The van der Waals surface area contributed by atoms with Crippen LogP contribution < -0.4 is 0 Å². The highest BCUT2D eigenvalue weighted by atomic mass is 35.5. The molecule has 1 atom stereocenters. The quantitative estimate of drug-likeness (QED) is 0.365. The van der Waals surface area contributed by atoms with Gasteiger partial charge < -0.3 is 14.5 Å². The van der Waals surface area contributed by atoms with Gasteiger partial charge in [0.25, 0.3) is 0 Å². The smallest absolute Gasteiger partial charge is 0.343 e. The molecular formula is C26H27ClFN7O. The van der Waals surface area contributed by atoms with Crippen molar-refractivity contribution >= 4 is 45.4 Å². The molecule has 186 valence electrons. The van der Waals surface area contributed by atoms with E-state index in [1.54, 1.807) is 17.3 Å². The van der Waals surface area contributed by atoms with E-state index >= 15 is 0 Å². The standard InChI is InChI=1S/C26H27ClFN7O/c1-3-34(4-2)26(36)32-21-14-5-7-15(8-6-14)22(21)35-13-20(27)19-12-31-24(33-25(19)35)18-11-30-23-17(18)9-16(28)10-29-23/h9-15,22H,3-8H2,1-2H3,(H,29,30). The number of hydrogen-bond acceptors (Lipinski definition) is 4. The Bertz CT molecular complexity index is 1500. The van der Waals surface area contributed by atoms with Crippen molar-refractivity contribution < 1.29 is 9.18 Å². The third-order valence-electron chi connectivity index (χ3n) is 7.76. The van der Waals surface area contributed by atoms with Crippen molar-refractivity contribution in [3.05, 3.63) is 41.7 Å². The molecule has 0 aromatic carbocycles. The Kier molecular flexibility index (Phi) is 5.75. The SMILES string of the molecule is CCN(CC)C(=O)N=C1C2CCC(CC2)C1n1cc(Cl)c2cnc(-c3c[nH]c4ncc(F)cc34)nc21. The van der Waals surface area contributed by atoms with E-state index in [4.69, 9.17) is 21.6 Å². The normalized spacial score (nSPS) is 22.7. The lowest BCUT2D eigenvalue weighted by molar-refractivity contribution is 0.207. The van der Waals surface area contributed by atoms with E-state index < -0.39 is 5.82 Å². The maximum atomic E-state index is 13.9. The fourth-order valence-corrected chi connectivity index (χ4v) is 6.15. The number of H-pyrrole nitrogens is 1. The molecule has 36 heavy (non-hydrogen) atoms. The molecule has 0 aliphatic heterocycles. The molecule has 8 nitrogen and oxygen atoms in total. The topological polar surface area (TPSA) is 92.1 Å². The Morgan fingerprint density at radius 2 is 1.97 bits per heavy atom. The van der Waals surface area contributed by atoms with Crippen LogP contribution in [0.4, 0.5) is 9.18 Å². The highest BCUT2D eigenvalue weighted by molar-refractivity contribution is 6.35. The lowest BCUT2D eigenvalue weighted by atomic mass is 9.66. The lowest BCUT2D eigenvalue weighted by Crippen LogP contribution is -2.43. The van der Waals surface area contributed by atoms with Crippen molar-refractivity contribution in [3.63, 3.8) is 0 Å². The van der Waals surface area contributed by atoms with Gasteiger partial charge in [-0.25, -0.2) is 29.1 Å². The number of nitrogens with one attached hydrogen (secondary N) is 1. The number of hydrogen-bond donors (Lipinski definition) is 1. The van der Waals surface area contributed by atoms with Gasteiger partial charge >= 0.3 is 6.03 Å². The molecule has 10 heteroatoms. The van der Waals surface area contributed by atoms with Crippen molar-refractivity contribution in [2.24, 2.45) is 16.8 Å². The fourth-order valence-electron chi connectivity index (χ4n) is 5.91. The van der Waals surface area contributed by atoms with Gasteiger partial charge in [-0.05, 0) is 57.4 Å². The Morgan fingerprint density at radius 3 is 2.72 bits per heavy atom. The van der Waals surface area contributed by atoms with Gasteiger partial charge in [-0.15, -0.1) is 0 Å². The van der Waals surface area contributed by atoms with Crippen molar-refractivity contribution in [2.75, 3.05) is 13.1 Å². The molecule has 3 saturated carbocycles. The number of urea groups is 1. The number of rotatable bonds is 4. The molecule has 7 rings (SSSR count). The molecule has 2 amide bonds. The number of aromatic nitrogens is 5. The number of carbonyl (C=O) groups is 1. The predicted octanol–water partition coefficient (Wildman–Crippen LogP) is 6.03. The molecule has 4 aromatic heterocycles. The van der Waals surface area contributed by atoms with E-state index in [-0.39, 0.29) is 18.0 Å². The van der Waals surface area contributed by atoms with Crippen LogP contribution in [0.15, 0.2) is 35.8 Å². The average molecular weight is 508 g/mol. The molecule has 3 fully saturated rings. The molecule has 0 radical (unpaired) electrons. The van der Waals surface area contributed by atoms with Gasteiger partial charge in [0.05, 0.1) is 22.6 Å². The first-order valence-corrected chi connectivity index (χ1v) is 12.9. The third kappa shape index (κ3) is 3.68. The van der Waals surface area contributed by atoms with Crippen molar-refractivity contribution in [3.8, 4) is 11.4 Å². The van der Waals surface area contributed by atoms with Crippen LogP contribution in [0.5, 0.6) is 0 Å². The summed E-state index contributed by atoms with van der Waals surface area (Å²) in [6, 6.07) is 1.16. The zero-order valence-electron chi connectivity index (χ0n) is 20.2. The van der Waals surface area contributed by atoms with Crippen LogP contribution in [-0.4, -0.2) is 54.2 Å². The molecule has 0 spiro atoms. The Labute approximate surface area is 212 Å². The van der Waals surface area contributed by atoms with E-state index in [1.807, 2.05) is 20.0 Å². The maximum Gasteiger partial charge on any atom is 0.343 e. The van der Waals surface area contributed by atoms with Crippen molar-refractivity contribution in [1.29, 1.82) is 0 Å². The molecular weight excluding hydrogens is 481 g/mol. The number of fused-ring (bicyclic) bond motifs is 5. The number of amides is 2. The number of pyridine rings is 1. The van der Waals surface area contributed by atoms with Crippen LogP contribution in [0.3, 0.4) is 0 Å². The third-order valence-corrected chi connectivity index (χ3v) is 8.06. The second-order valence-electron chi connectivity index (χ2n) is 9.62. The molecule has 1 unspecified atom stereocenters. The lowest BCUT2D eigenvalue weighted by Gasteiger charge is -2.44. The monoisotopic (exact) mass is 507 g/mol. The summed E-state index contributed by atoms with van der Waals surface area (Å²) in [4.78, 5) is 36.1. The van der Waals surface area contributed by atoms with Gasteiger partial charge in [-0.1, -0.05) is 11.6 Å². The molecule has 3 aliphatic rings. The Hall–Kier alpha value is -3.33. The molecule has 4 aromatic rings. The van der Waals surface area contributed by atoms with Gasteiger partial charge in [-0.3, -0.25) is 0 Å². The van der Waals surface area contributed by atoms with Crippen molar-refractivity contribution in [2.45, 2.75) is 45.6 Å². The predicted molar refractivity (Wildman–Crippen MR) is 138 cm³/mol. The van der Waals surface area contributed by atoms with E-state index in [9.17, 15) is 9.18 Å². The highest BCUT2D eigenvalue weighted by Gasteiger charge is 2.43. The number of carbonyl (C=O) groups excluding carboxylic acids is 1. The number of halogens is 2. The van der Waals surface area contributed by atoms with Gasteiger partial charge in [0.15, 0.2) is 5.82 Å². The minimum Gasteiger partial charge on any atom is -0.345 e. The van der Waals surface area contributed by atoms with Crippen molar-refractivity contribution in [1.82, 2.24) is 29.4 Å². The minimum atomic E-state index is -0.423. The van der Waals surface area contributed by atoms with Crippen LogP contribution in [0.25, 0.3) is 33.5 Å². The van der Waals surface area contributed by atoms with Gasteiger partial charge in [0.2, 0.25) is 0 Å². The summed E-state index contributed by atoms with van der Waals surface area (Å²) in [6.45, 7) is 5.19. The molecule has 0 saturated heterocycles. The minimum absolute atomic E-state index is 0.0863. The first-order valence-electron chi connectivity index (χ1n) is 12.5. The second-order valence-corrected chi connectivity index (χ2v) is 10.0. The van der Waals surface area contributed by atoms with Crippen LogP contribution in [0.1, 0.15) is 45.6 Å². The van der Waals surface area contributed by atoms with Gasteiger partial charge in [0.1, 0.15) is 17.1 Å². The number of aliphatic imine (C=N–C) groups is 1. The van der Waals surface area contributed by atoms with E-state index in [1.165, 1.54) is 12.3 Å². The zero-order valence-corrected chi connectivity index (χ0v) is 21.0. The highest BCUT2D eigenvalue weighted by Crippen LogP contribution is 2.47.